The van der Waals surface area contributed by atoms with Crippen LogP contribution in [0.5, 0.6) is 5.75 Å². The van der Waals surface area contributed by atoms with Crippen molar-refractivity contribution in [3.63, 3.8) is 0 Å². The second kappa shape index (κ2) is 9.40. The molecule has 0 unspecified atom stereocenters. The molecular weight excluding hydrogens is 411 g/mol. The number of rotatable bonds is 8. The van der Waals surface area contributed by atoms with Gasteiger partial charge in [-0.1, -0.05) is 6.07 Å². The number of aryl methyl sites for hydroxylation is 1. The fourth-order valence-electron chi connectivity index (χ4n) is 2.84. The molecule has 3 aromatic rings. The summed E-state index contributed by atoms with van der Waals surface area (Å²) in [5, 5.41) is 13.7. The smallest absolute Gasteiger partial charge is 0.311 e. The van der Waals surface area contributed by atoms with Crippen molar-refractivity contribution < 1.29 is 18.8 Å². The molecule has 0 bridgehead atoms. The van der Waals surface area contributed by atoms with Crippen LogP contribution in [0.1, 0.15) is 11.4 Å². The first kappa shape index (κ1) is 21.3. The van der Waals surface area contributed by atoms with Crippen LogP contribution < -0.4 is 10.1 Å². The van der Waals surface area contributed by atoms with E-state index in [4.69, 9.17) is 4.74 Å². The minimum atomic E-state index is -0.511. The van der Waals surface area contributed by atoms with E-state index in [1.165, 1.54) is 37.1 Å². The maximum Gasteiger partial charge on any atom is 0.311 e. The Bertz CT molecular complexity index is 1090. The highest BCUT2D eigenvalue weighted by Crippen LogP contribution is 2.29. The van der Waals surface area contributed by atoms with E-state index < -0.39 is 10.7 Å². The van der Waals surface area contributed by atoms with E-state index in [9.17, 15) is 19.3 Å². The summed E-state index contributed by atoms with van der Waals surface area (Å²) in [4.78, 5) is 26.8. The molecule has 1 N–H and O–H groups in total. The number of anilines is 1. The maximum absolute atomic E-state index is 14.4. The lowest BCUT2D eigenvalue weighted by Crippen LogP contribution is -2.14. The van der Waals surface area contributed by atoms with Gasteiger partial charge in [-0.05, 0) is 36.8 Å². The molecule has 0 atom stereocenters. The Labute approximate surface area is 176 Å². The van der Waals surface area contributed by atoms with Gasteiger partial charge in [0, 0.05) is 29.9 Å². The van der Waals surface area contributed by atoms with Gasteiger partial charge < -0.3 is 14.6 Å². The largest absolute Gasteiger partial charge is 0.490 e. The van der Waals surface area contributed by atoms with E-state index in [1.54, 1.807) is 42.1 Å². The number of benzene rings is 2. The fraction of sp³-hybridized carbons (Fsp3) is 0.200. The number of imidazole rings is 1. The molecule has 30 heavy (non-hydrogen) atoms. The van der Waals surface area contributed by atoms with Gasteiger partial charge >= 0.3 is 5.69 Å². The Balaban J connectivity index is 1.56. The maximum atomic E-state index is 14.4. The lowest BCUT2D eigenvalue weighted by atomic mass is 10.2. The average molecular weight is 430 g/mol. The van der Waals surface area contributed by atoms with Gasteiger partial charge in [-0.25, -0.2) is 9.37 Å². The first-order chi connectivity index (χ1) is 14.4. The third kappa shape index (κ3) is 4.95. The molecule has 0 fully saturated rings. The Kier molecular flexibility index (Phi) is 6.68. The predicted molar refractivity (Wildman–Crippen MR) is 113 cm³/mol. The molecule has 3 rings (SSSR count). The van der Waals surface area contributed by atoms with Crippen LogP contribution in [0.25, 0.3) is 5.69 Å². The monoisotopic (exact) mass is 430 g/mol. The summed E-state index contributed by atoms with van der Waals surface area (Å²) in [5.41, 5.74) is 1.27. The highest BCUT2D eigenvalue weighted by atomic mass is 32.2. The molecular formula is C20H19FN4O4S. The van der Waals surface area contributed by atoms with Gasteiger partial charge in [0.05, 0.1) is 23.5 Å². The summed E-state index contributed by atoms with van der Waals surface area (Å²) < 4.78 is 21.0. The fourth-order valence-corrected chi connectivity index (χ4v) is 3.61. The highest BCUT2D eigenvalue weighted by Gasteiger charge is 2.15. The van der Waals surface area contributed by atoms with Crippen molar-refractivity contribution in [3.8, 4) is 11.4 Å². The van der Waals surface area contributed by atoms with Crippen LogP contribution in [0, 0.1) is 22.9 Å². The Hall–Kier alpha value is -3.40. The molecule has 0 saturated carbocycles. The molecule has 10 heteroatoms. The van der Waals surface area contributed by atoms with Gasteiger partial charge in [0.15, 0.2) is 5.75 Å². The number of nitrogens with one attached hydrogen (secondary N) is 1. The van der Waals surface area contributed by atoms with Crippen molar-refractivity contribution in [2.24, 2.45) is 0 Å². The number of nitro groups is 1. The number of halogens is 1. The standard InChI is InChI=1S/C20H19FN4O4S/c1-13-22-7-8-24(13)17-5-4-15(10-16(17)21)23-20(26)12-30-11-14-3-6-19(29-2)18(9-14)25(27)28/h3-10H,11-12H2,1-2H3,(H,23,26). The number of methoxy groups -OCH3 is 1. The number of thioether (sulfide) groups is 1. The Morgan fingerprint density at radius 1 is 1.33 bits per heavy atom. The van der Waals surface area contributed by atoms with E-state index in [0.29, 0.717) is 28.5 Å². The molecule has 1 heterocycles. The van der Waals surface area contributed by atoms with Gasteiger partial charge in [0.25, 0.3) is 0 Å². The quantitative estimate of drug-likeness (QED) is 0.427. The van der Waals surface area contributed by atoms with Crippen LogP contribution in [0.2, 0.25) is 0 Å². The molecule has 1 aromatic heterocycles. The molecule has 0 aliphatic rings. The van der Waals surface area contributed by atoms with Crippen LogP contribution in [-0.4, -0.2) is 33.2 Å². The van der Waals surface area contributed by atoms with Crippen LogP contribution in [0.3, 0.4) is 0 Å². The van der Waals surface area contributed by atoms with E-state index in [-0.39, 0.29) is 23.1 Å². The van der Waals surface area contributed by atoms with Crippen LogP contribution in [0.4, 0.5) is 15.8 Å². The SMILES string of the molecule is COc1ccc(CSCC(=O)Nc2ccc(-n3ccnc3C)c(F)c2)cc1[N+](=O)[O-]. The van der Waals surface area contributed by atoms with E-state index in [2.05, 4.69) is 10.3 Å². The third-order valence-electron chi connectivity index (χ3n) is 4.26. The van der Waals surface area contributed by atoms with Crippen molar-refractivity contribution in [1.29, 1.82) is 0 Å². The molecule has 2 aromatic carbocycles. The molecule has 0 radical (unpaired) electrons. The van der Waals surface area contributed by atoms with E-state index >= 15 is 0 Å². The highest BCUT2D eigenvalue weighted by molar-refractivity contribution is 7.99. The van der Waals surface area contributed by atoms with Gasteiger partial charge in [0.2, 0.25) is 5.91 Å². The number of nitrogens with zero attached hydrogens (tertiary/aromatic N) is 3. The van der Waals surface area contributed by atoms with Gasteiger partial charge in [-0.2, -0.15) is 0 Å². The van der Waals surface area contributed by atoms with Crippen LogP contribution >= 0.6 is 11.8 Å². The molecule has 0 aliphatic carbocycles. The first-order valence-corrected chi connectivity index (χ1v) is 10.0. The van der Waals surface area contributed by atoms with Crippen molar-refractivity contribution in [3.05, 3.63) is 76.1 Å². The number of hydrogen-bond donors (Lipinski definition) is 1. The number of carbonyl (C=O) groups excluding carboxylic acids is 1. The van der Waals surface area contributed by atoms with Gasteiger partial charge in [-0.15, -0.1) is 11.8 Å². The van der Waals surface area contributed by atoms with Crippen molar-refractivity contribution >= 4 is 29.0 Å². The Morgan fingerprint density at radius 3 is 2.77 bits per heavy atom. The van der Waals surface area contributed by atoms with Gasteiger partial charge in [0.1, 0.15) is 11.6 Å². The third-order valence-corrected chi connectivity index (χ3v) is 5.26. The Morgan fingerprint density at radius 2 is 2.13 bits per heavy atom. The summed E-state index contributed by atoms with van der Waals surface area (Å²) in [5.74, 6) is 0.583. The number of amides is 1. The van der Waals surface area contributed by atoms with Crippen molar-refractivity contribution in [2.45, 2.75) is 12.7 Å². The van der Waals surface area contributed by atoms with Crippen LogP contribution in [-0.2, 0) is 10.5 Å². The van der Waals surface area contributed by atoms with Crippen LogP contribution in [0.15, 0.2) is 48.8 Å². The number of hydrogen-bond acceptors (Lipinski definition) is 6. The zero-order chi connectivity index (χ0) is 21.7. The summed E-state index contributed by atoms with van der Waals surface area (Å²) in [6, 6.07) is 9.11. The van der Waals surface area contributed by atoms with Crippen molar-refractivity contribution in [1.82, 2.24) is 9.55 Å². The number of nitro benzene ring substituents is 1. The topological polar surface area (TPSA) is 99.3 Å². The molecule has 0 saturated heterocycles. The van der Waals surface area contributed by atoms with Crippen molar-refractivity contribution in [2.75, 3.05) is 18.2 Å². The lowest BCUT2D eigenvalue weighted by molar-refractivity contribution is -0.385. The van der Waals surface area contributed by atoms with E-state index in [1.807, 2.05) is 0 Å². The van der Waals surface area contributed by atoms with Gasteiger partial charge in [-0.3, -0.25) is 14.9 Å². The minimum Gasteiger partial charge on any atom is -0.490 e. The normalized spacial score (nSPS) is 10.6. The zero-order valence-electron chi connectivity index (χ0n) is 16.3. The summed E-state index contributed by atoms with van der Waals surface area (Å²) in [6.07, 6.45) is 3.24. The number of carbonyl (C=O) groups is 1. The molecule has 0 spiro atoms. The molecule has 0 aliphatic heterocycles. The predicted octanol–water partition coefficient (Wildman–Crippen LogP) is 4.11. The molecule has 1 amide bonds. The first-order valence-electron chi connectivity index (χ1n) is 8.88. The average Bonchev–Trinajstić information content (AvgIpc) is 3.13. The number of aromatic nitrogens is 2. The second-order valence-electron chi connectivity index (χ2n) is 6.31. The molecule has 8 nitrogen and oxygen atoms in total. The molecule has 156 valence electrons. The zero-order valence-corrected chi connectivity index (χ0v) is 17.1. The van der Waals surface area contributed by atoms with E-state index in [0.717, 1.165) is 0 Å². The summed E-state index contributed by atoms with van der Waals surface area (Å²) in [7, 11) is 1.37. The number of ether oxygens (including phenoxy) is 1. The summed E-state index contributed by atoms with van der Waals surface area (Å²) >= 11 is 1.29. The minimum absolute atomic E-state index is 0.115. The lowest BCUT2D eigenvalue weighted by Gasteiger charge is -2.10. The second-order valence-corrected chi connectivity index (χ2v) is 7.30. The summed E-state index contributed by atoms with van der Waals surface area (Å²) in [6.45, 7) is 1.77.